The van der Waals surface area contributed by atoms with Crippen molar-refractivity contribution in [3.05, 3.63) is 72.2 Å². The van der Waals surface area contributed by atoms with Gasteiger partial charge in [-0.3, -0.25) is 19.3 Å². The average molecular weight is 486 g/mol. The number of nitrogens with one attached hydrogen (secondary N) is 2. The van der Waals surface area contributed by atoms with Crippen molar-refractivity contribution in [2.45, 2.75) is 57.7 Å². The molecule has 2 aliphatic rings. The number of nitrogens with zero attached hydrogens (tertiary/aromatic N) is 3. The van der Waals surface area contributed by atoms with E-state index in [2.05, 4.69) is 15.3 Å². The Bertz CT molecular complexity index is 1290. The Morgan fingerprint density at radius 3 is 2.67 bits per heavy atom. The topological polar surface area (TPSA) is 98.4 Å². The van der Waals surface area contributed by atoms with Crippen LogP contribution in [0.3, 0.4) is 0 Å². The SMILES string of the molecule is CCC(NC(=O)CCCN1C(=O)c2ccccc2N2C(=O)CCC12C)c1ncc(-c2ccccc2)[nH]1. The fourth-order valence-corrected chi connectivity index (χ4v) is 5.35. The molecule has 0 radical (unpaired) electrons. The van der Waals surface area contributed by atoms with Gasteiger partial charge in [-0.2, -0.15) is 0 Å². The van der Waals surface area contributed by atoms with Crippen molar-refractivity contribution in [3.63, 3.8) is 0 Å². The van der Waals surface area contributed by atoms with Gasteiger partial charge in [0.1, 0.15) is 11.5 Å². The molecular formula is C28H31N5O3. The minimum absolute atomic E-state index is 0.0271. The van der Waals surface area contributed by atoms with Gasteiger partial charge in [0.2, 0.25) is 11.8 Å². The Morgan fingerprint density at radius 1 is 1.14 bits per heavy atom. The van der Waals surface area contributed by atoms with Crippen LogP contribution in [0.2, 0.25) is 0 Å². The molecule has 1 fully saturated rings. The molecule has 0 aliphatic carbocycles. The van der Waals surface area contributed by atoms with Crippen LogP contribution in [0, 0.1) is 0 Å². The summed E-state index contributed by atoms with van der Waals surface area (Å²) < 4.78 is 0. The van der Waals surface area contributed by atoms with Gasteiger partial charge >= 0.3 is 0 Å². The van der Waals surface area contributed by atoms with Crippen LogP contribution in [0.15, 0.2) is 60.8 Å². The van der Waals surface area contributed by atoms with Gasteiger partial charge in [-0.05, 0) is 43.9 Å². The number of anilines is 1. The Morgan fingerprint density at radius 2 is 1.89 bits per heavy atom. The summed E-state index contributed by atoms with van der Waals surface area (Å²) in [6, 6.07) is 17.0. The number of amides is 3. The van der Waals surface area contributed by atoms with Gasteiger partial charge in [-0.15, -0.1) is 0 Å². The fourth-order valence-electron chi connectivity index (χ4n) is 5.35. The predicted molar refractivity (Wildman–Crippen MR) is 137 cm³/mol. The van der Waals surface area contributed by atoms with Crippen molar-refractivity contribution in [1.29, 1.82) is 0 Å². The van der Waals surface area contributed by atoms with E-state index < -0.39 is 5.66 Å². The van der Waals surface area contributed by atoms with Gasteiger partial charge in [0, 0.05) is 19.4 Å². The van der Waals surface area contributed by atoms with E-state index in [0.29, 0.717) is 43.5 Å². The fraction of sp³-hybridized carbons (Fsp3) is 0.357. The monoisotopic (exact) mass is 485 g/mol. The van der Waals surface area contributed by atoms with Gasteiger partial charge in [0.05, 0.1) is 29.2 Å². The van der Waals surface area contributed by atoms with Crippen LogP contribution >= 0.6 is 0 Å². The lowest BCUT2D eigenvalue weighted by Crippen LogP contribution is -2.62. The summed E-state index contributed by atoms with van der Waals surface area (Å²) in [7, 11) is 0. The molecule has 2 aromatic carbocycles. The van der Waals surface area contributed by atoms with E-state index in [-0.39, 0.29) is 30.2 Å². The summed E-state index contributed by atoms with van der Waals surface area (Å²) in [6.45, 7) is 4.35. The number of fused-ring (bicyclic) bond motifs is 3. The number of rotatable bonds is 8. The number of aromatic nitrogens is 2. The molecule has 3 amide bonds. The van der Waals surface area contributed by atoms with Gasteiger partial charge in [-0.25, -0.2) is 4.98 Å². The van der Waals surface area contributed by atoms with E-state index in [1.807, 2.05) is 62.4 Å². The number of hydrogen-bond donors (Lipinski definition) is 2. The van der Waals surface area contributed by atoms with Crippen LogP contribution < -0.4 is 10.2 Å². The minimum atomic E-state index is -0.701. The van der Waals surface area contributed by atoms with E-state index in [0.717, 1.165) is 17.1 Å². The molecule has 2 unspecified atom stereocenters. The molecule has 0 bridgehead atoms. The molecule has 5 rings (SSSR count). The molecule has 3 aromatic rings. The highest BCUT2D eigenvalue weighted by Crippen LogP contribution is 2.44. The van der Waals surface area contributed by atoms with Crippen LogP contribution in [0.4, 0.5) is 5.69 Å². The molecule has 8 nitrogen and oxygen atoms in total. The number of H-pyrrole nitrogens is 1. The van der Waals surface area contributed by atoms with Crippen molar-refractivity contribution in [2.24, 2.45) is 0 Å². The quantitative estimate of drug-likeness (QED) is 0.493. The normalized spacial score (nSPS) is 19.7. The minimum Gasteiger partial charge on any atom is -0.346 e. The predicted octanol–water partition coefficient (Wildman–Crippen LogP) is 4.42. The molecule has 0 spiro atoms. The second kappa shape index (κ2) is 9.60. The molecule has 2 aliphatic heterocycles. The van der Waals surface area contributed by atoms with Crippen molar-refractivity contribution in [2.75, 3.05) is 11.4 Å². The van der Waals surface area contributed by atoms with Gasteiger partial charge in [-0.1, -0.05) is 49.4 Å². The maximum absolute atomic E-state index is 13.4. The zero-order chi connectivity index (χ0) is 25.3. The smallest absolute Gasteiger partial charge is 0.257 e. The lowest BCUT2D eigenvalue weighted by molar-refractivity contribution is -0.122. The lowest BCUT2D eigenvalue weighted by Gasteiger charge is -2.48. The highest BCUT2D eigenvalue weighted by molar-refractivity contribution is 6.10. The highest BCUT2D eigenvalue weighted by atomic mass is 16.2. The van der Waals surface area contributed by atoms with Gasteiger partial charge in [0.15, 0.2) is 0 Å². The summed E-state index contributed by atoms with van der Waals surface area (Å²) >= 11 is 0. The molecule has 36 heavy (non-hydrogen) atoms. The summed E-state index contributed by atoms with van der Waals surface area (Å²) in [4.78, 5) is 50.2. The van der Waals surface area contributed by atoms with Crippen molar-refractivity contribution in [3.8, 4) is 11.3 Å². The molecule has 1 saturated heterocycles. The zero-order valence-electron chi connectivity index (χ0n) is 20.7. The van der Waals surface area contributed by atoms with Gasteiger partial charge in [0.25, 0.3) is 5.91 Å². The average Bonchev–Trinajstić information content (AvgIpc) is 3.50. The van der Waals surface area contributed by atoms with E-state index in [1.165, 1.54) is 0 Å². The van der Waals surface area contributed by atoms with E-state index in [1.54, 1.807) is 22.1 Å². The lowest BCUT2D eigenvalue weighted by atomic mass is 9.98. The number of hydrogen-bond acceptors (Lipinski definition) is 4. The number of para-hydroxylation sites is 1. The highest BCUT2D eigenvalue weighted by Gasteiger charge is 2.52. The third-order valence-electron chi connectivity index (χ3n) is 7.28. The molecule has 186 valence electrons. The number of imidazole rings is 1. The second-order valence-corrected chi connectivity index (χ2v) is 9.60. The largest absolute Gasteiger partial charge is 0.346 e. The van der Waals surface area contributed by atoms with Crippen LogP contribution in [0.1, 0.15) is 68.2 Å². The Kier molecular flexibility index (Phi) is 6.35. The van der Waals surface area contributed by atoms with Crippen LogP contribution in [-0.4, -0.2) is 44.8 Å². The first-order valence-electron chi connectivity index (χ1n) is 12.6. The molecule has 0 saturated carbocycles. The maximum Gasteiger partial charge on any atom is 0.257 e. The van der Waals surface area contributed by atoms with Crippen molar-refractivity contribution in [1.82, 2.24) is 20.2 Å². The molecule has 1 aromatic heterocycles. The first kappa shape index (κ1) is 23.8. The Hall–Kier alpha value is -3.94. The summed E-state index contributed by atoms with van der Waals surface area (Å²) in [6.07, 6.45) is 4.25. The number of benzene rings is 2. The third kappa shape index (κ3) is 4.17. The third-order valence-corrected chi connectivity index (χ3v) is 7.28. The number of carbonyl (C=O) groups excluding carboxylic acids is 3. The maximum atomic E-state index is 13.4. The molecule has 2 N–H and O–H groups in total. The van der Waals surface area contributed by atoms with E-state index in [9.17, 15) is 14.4 Å². The Balaban J connectivity index is 1.22. The van der Waals surface area contributed by atoms with Crippen LogP contribution in [0.25, 0.3) is 11.3 Å². The molecule has 3 heterocycles. The summed E-state index contributed by atoms with van der Waals surface area (Å²) in [5, 5.41) is 3.07. The number of carbonyl (C=O) groups is 3. The van der Waals surface area contributed by atoms with Crippen molar-refractivity contribution >= 4 is 23.4 Å². The molecule has 8 heteroatoms. The van der Waals surface area contributed by atoms with E-state index in [4.69, 9.17) is 0 Å². The summed E-state index contributed by atoms with van der Waals surface area (Å²) in [5.41, 5.74) is 2.46. The van der Waals surface area contributed by atoms with E-state index >= 15 is 0 Å². The molecule has 2 atom stereocenters. The standard InChI is InChI=1S/C28H31N5O3/c1-3-21(26-29-18-22(31-26)19-10-5-4-6-11-19)30-24(34)14-9-17-32-27(36)20-12-7-8-13-23(20)33-25(35)15-16-28(32,33)2/h4-8,10-13,18,21H,3,9,14-17H2,1-2H3,(H,29,31)(H,30,34). The van der Waals surface area contributed by atoms with Gasteiger partial charge < -0.3 is 15.2 Å². The molecular weight excluding hydrogens is 454 g/mol. The first-order valence-corrected chi connectivity index (χ1v) is 12.6. The summed E-state index contributed by atoms with van der Waals surface area (Å²) in [5.74, 6) is 0.572. The van der Waals surface area contributed by atoms with Crippen LogP contribution in [-0.2, 0) is 9.59 Å². The Labute approximate surface area is 210 Å². The zero-order valence-corrected chi connectivity index (χ0v) is 20.7. The number of aromatic amines is 1. The first-order chi connectivity index (χ1) is 17.4. The van der Waals surface area contributed by atoms with Crippen LogP contribution in [0.5, 0.6) is 0 Å². The second-order valence-electron chi connectivity index (χ2n) is 9.60. The van der Waals surface area contributed by atoms with Crippen molar-refractivity contribution < 1.29 is 14.4 Å².